The van der Waals surface area contributed by atoms with Crippen LogP contribution in [0.5, 0.6) is 5.88 Å². The van der Waals surface area contributed by atoms with Gasteiger partial charge in [-0.3, -0.25) is 9.78 Å². The lowest BCUT2D eigenvalue weighted by Crippen LogP contribution is -2.12. The van der Waals surface area contributed by atoms with Crippen LogP contribution in [0, 0.1) is 11.3 Å². The molecule has 186 valence electrons. The second kappa shape index (κ2) is 11.8. The van der Waals surface area contributed by atoms with Gasteiger partial charge in [0.25, 0.3) is 5.56 Å². The largest absolute Gasteiger partial charge is 0.475 e. The number of H-pyrrole nitrogens is 1. The molecule has 0 radical (unpaired) electrons. The second-order valence-corrected chi connectivity index (χ2v) is 8.43. The molecular weight excluding hydrogens is 476 g/mol. The van der Waals surface area contributed by atoms with Gasteiger partial charge in [-0.1, -0.05) is 54.6 Å². The van der Waals surface area contributed by atoms with Crippen LogP contribution in [0.3, 0.4) is 0 Å². The fourth-order valence-corrected chi connectivity index (χ4v) is 4.19. The number of nitrogens with zero attached hydrogens (tertiary/aromatic N) is 3. The van der Waals surface area contributed by atoms with Crippen molar-refractivity contribution in [3.05, 3.63) is 125 Å². The van der Waals surface area contributed by atoms with Crippen molar-refractivity contribution in [3.63, 3.8) is 0 Å². The number of pyridine rings is 3. The Kier molecular flexibility index (Phi) is 7.64. The Morgan fingerprint density at radius 2 is 1.63 bits per heavy atom. The number of rotatable bonds is 9. The van der Waals surface area contributed by atoms with E-state index in [1.165, 1.54) is 0 Å². The van der Waals surface area contributed by atoms with Crippen molar-refractivity contribution < 1.29 is 9.47 Å². The Balaban J connectivity index is 1.44. The van der Waals surface area contributed by atoms with E-state index in [-0.39, 0.29) is 5.56 Å². The first kappa shape index (κ1) is 24.6. The zero-order valence-electron chi connectivity index (χ0n) is 20.5. The highest BCUT2D eigenvalue weighted by atomic mass is 16.5. The number of nitriles is 1. The van der Waals surface area contributed by atoms with Crippen LogP contribution in [0.1, 0.15) is 11.1 Å². The quantitative estimate of drug-likeness (QED) is 0.263. The number of nitrogens with one attached hydrogen (secondary N) is 1. The van der Waals surface area contributed by atoms with Crippen molar-refractivity contribution in [1.82, 2.24) is 15.0 Å². The summed E-state index contributed by atoms with van der Waals surface area (Å²) in [5.74, 6) is 0.445. The molecule has 7 heteroatoms. The number of aromatic nitrogens is 3. The summed E-state index contributed by atoms with van der Waals surface area (Å²) in [6.07, 6.45) is 5.01. The SMILES string of the molecule is N#Cc1ccccc1-c1c(-c2ccc(OCCOCc3ccccc3)nc2)c(-c2ccccn2)c[nH]c1=O. The molecule has 0 amide bonds. The lowest BCUT2D eigenvalue weighted by Gasteiger charge is -2.15. The highest BCUT2D eigenvalue weighted by molar-refractivity contribution is 5.93. The normalized spacial score (nSPS) is 10.6. The fourth-order valence-electron chi connectivity index (χ4n) is 4.19. The van der Waals surface area contributed by atoms with Crippen molar-refractivity contribution in [2.24, 2.45) is 0 Å². The van der Waals surface area contributed by atoms with Crippen LogP contribution in [0.2, 0.25) is 0 Å². The molecule has 0 aliphatic heterocycles. The van der Waals surface area contributed by atoms with Crippen molar-refractivity contribution in [2.45, 2.75) is 6.61 Å². The summed E-state index contributed by atoms with van der Waals surface area (Å²) in [5, 5.41) is 9.73. The van der Waals surface area contributed by atoms with Crippen molar-refractivity contribution in [2.75, 3.05) is 13.2 Å². The van der Waals surface area contributed by atoms with Crippen LogP contribution < -0.4 is 10.3 Å². The summed E-state index contributed by atoms with van der Waals surface area (Å²) in [5.41, 5.74) is 4.87. The number of hydrogen-bond donors (Lipinski definition) is 1. The van der Waals surface area contributed by atoms with E-state index in [4.69, 9.17) is 9.47 Å². The molecule has 38 heavy (non-hydrogen) atoms. The third-order valence-electron chi connectivity index (χ3n) is 5.97. The minimum absolute atomic E-state index is 0.307. The minimum Gasteiger partial charge on any atom is -0.475 e. The zero-order valence-corrected chi connectivity index (χ0v) is 20.5. The molecule has 7 nitrogen and oxygen atoms in total. The van der Waals surface area contributed by atoms with E-state index in [9.17, 15) is 10.1 Å². The first-order valence-corrected chi connectivity index (χ1v) is 12.1. The third-order valence-corrected chi connectivity index (χ3v) is 5.97. The standard InChI is InChI=1S/C31H24N4O3/c32-18-23-10-4-5-11-25(23)30-29(26(20-35-31(30)36)27-12-6-7-15-33-27)24-13-14-28(34-19-24)38-17-16-37-21-22-8-2-1-3-9-22/h1-15,19-20H,16-17,21H2,(H,35,36). The Morgan fingerprint density at radius 1 is 0.816 bits per heavy atom. The van der Waals surface area contributed by atoms with Crippen LogP contribution in [0.4, 0.5) is 0 Å². The van der Waals surface area contributed by atoms with Gasteiger partial charge >= 0.3 is 0 Å². The minimum atomic E-state index is -0.307. The Bertz CT molecular complexity index is 1610. The van der Waals surface area contributed by atoms with E-state index in [0.717, 1.165) is 11.1 Å². The van der Waals surface area contributed by atoms with Crippen LogP contribution in [0.15, 0.2) is 108 Å². The molecule has 0 spiro atoms. The maximum atomic E-state index is 13.2. The van der Waals surface area contributed by atoms with Gasteiger partial charge in [0, 0.05) is 46.9 Å². The molecule has 1 N–H and O–H groups in total. The third kappa shape index (κ3) is 5.51. The average Bonchev–Trinajstić information content (AvgIpc) is 2.98. The highest BCUT2D eigenvalue weighted by Crippen LogP contribution is 2.38. The molecule has 0 aliphatic rings. The van der Waals surface area contributed by atoms with Gasteiger partial charge in [-0.25, -0.2) is 4.98 Å². The van der Waals surface area contributed by atoms with Crippen molar-refractivity contribution >= 4 is 0 Å². The molecule has 0 unspecified atom stereocenters. The van der Waals surface area contributed by atoms with Crippen molar-refractivity contribution in [1.29, 1.82) is 5.26 Å². The lowest BCUT2D eigenvalue weighted by molar-refractivity contribution is 0.0875. The van der Waals surface area contributed by atoms with Gasteiger partial charge in [0.1, 0.15) is 6.61 Å². The maximum Gasteiger partial charge on any atom is 0.256 e. The highest BCUT2D eigenvalue weighted by Gasteiger charge is 2.20. The van der Waals surface area contributed by atoms with Gasteiger partial charge in [0.05, 0.1) is 36.1 Å². The van der Waals surface area contributed by atoms with Crippen LogP contribution in [-0.2, 0) is 11.3 Å². The van der Waals surface area contributed by atoms with E-state index in [1.54, 1.807) is 42.9 Å². The van der Waals surface area contributed by atoms with Gasteiger partial charge in [-0.05, 0) is 29.8 Å². The van der Waals surface area contributed by atoms with E-state index in [2.05, 4.69) is 21.0 Å². The molecule has 2 aromatic carbocycles. The van der Waals surface area contributed by atoms with Gasteiger partial charge in [0.2, 0.25) is 5.88 Å². The molecular formula is C31H24N4O3. The number of benzene rings is 2. The zero-order chi connectivity index (χ0) is 26.2. The topological polar surface area (TPSA) is 101 Å². The molecule has 0 saturated heterocycles. The summed E-state index contributed by atoms with van der Waals surface area (Å²) in [6, 6.07) is 28.4. The number of hydrogen-bond acceptors (Lipinski definition) is 6. The van der Waals surface area contributed by atoms with E-state index < -0.39 is 0 Å². The first-order valence-electron chi connectivity index (χ1n) is 12.1. The summed E-state index contributed by atoms with van der Waals surface area (Å²) >= 11 is 0. The van der Waals surface area contributed by atoms with Gasteiger partial charge < -0.3 is 14.5 Å². The van der Waals surface area contributed by atoms with Crippen LogP contribution in [-0.4, -0.2) is 28.2 Å². The van der Waals surface area contributed by atoms with Crippen LogP contribution >= 0.6 is 0 Å². The van der Waals surface area contributed by atoms with E-state index in [0.29, 0.717) is 59.2 Å². The summed E-state index contributed by atoms with van der Waals surface area (Å²) in [4.78, 5) is 25.0. The average molecular weight is 501 g/mol. The number of ether oxygens (including phenoxy) is 2. The monoisotopic (exact) mass is 500 g/mol. The van der Waals surface area contributed by atoms with Gasteiger partial charge in [-0.2, -0.15) is 5.26 Å². The molecule has 0 atom stereocenters. The molecule has 3 aromatic heterocycles. The number of aromatic amines is 1. The summed E-state index contributed by atoms with van der Waals surface area (Å²) < 4.78 is 11.4. The Labute approximate surface area is 220 Å². The smallest absolute Gasteiger partial charge is 0.256 e. The predicted octanol–water partition coefficient (Wildman–Crippen LogP) is 5.63. The molecule has 5 rings (SSSR count). The molecule has 3 heterocycles. The van der Waals surface area contributed by atoms with Crippen LogP contribution in [0.25, 0.3) is 33.5 Å². The van der Waals surface area contributed by atoms with Gasteiger partial charge in [0.15, 0.2) is 0 Å². The van der Waals surface area contributed by atoms with Crippen molar-refractivity contribution in [3.8, 4) is 45.5 Å². The second-order valence-electron chi connectivity index (χ2n) is 8.43. The van der Waals surface area contributed by atoms with E-state index >= 15 is 0 Å². The fraction of sp³-hybridized carbons (Fsp3) is 0.0968. The summed E-state index contributed by atoms with van der Waals surface area (Å²) in [6.45, 7) is 1.29. The van der Waals surface area contributed by atoms with E-state index in [1.807, 2.05) is 60.7 Å². The first-order chi connectivity index (χ1) is 18.7. The molecule has 0 bridgehead atoms. The molecule has 0 aliphatic carbocycles. The molecule has 0 saturated carbocycles. The summed E-state index contributed by atoms with van der Waals surface area (Å²) in [7, 11) is 0. The van der Waals surface area contributed by atoms with Gasteiger partial charge in [-0.15, -0.1) is 0 Å². The molecule has 0 fully saturated rings. The predicted molar refractivity (Wildman–Crippen MR) is 145 cm³/mol. The molecule has 5 aromatic rings. The lowest BCUT2D eigenvalue weighted by atomic mass is 9.90. The Hall–Kier alpha value is -5.06. The maximum absolute atomic E-state index is 13.2. The Morgan fingerprint density at radius 3 is 2.39 bits per heavy atom.